The van der Waals surface area contributed by atoms with E-state index >= 15 is 0 Å². The second-order valence-corrected chi connectivity index (χ2v) is 4.37. The first kappa shape index (κ1) is 14.5. The number of aromatic nitrogens is 2. The van der Waals surface area contributed by atoms with Crippen LogP contribution in [0.3, 0.4) is 0 Å². The van der Waals surface area contributed by atoms with Crippen molar-refractivity contribution in [2.24, 2.45) is 5.10 Å². The molecule has 23 heavy (non-hydrogen) atoms. The van der Waals surface area contributed by atoms with Crippen molar-refractivity contribution in [2.75, 3.05) is 0 Å². The van der Waals surface area contributed by atoms with Crippen molar-refractivity contribution >= 4 is 18.2 Å². The van der Waals surface area contributed by atoms with Gasteiger partial charge in [-0.15, -0.1) is 10.2 Å². The van der Waals surface area contributed by atoms with Crippen molar-refractivity contribution < 1.29 is 13.6 Å². The summed E-state index contributed by atoms with van der Waals surface area (Å²) >= 11 is 0. The normalized spacial score (nSPS) is 11.3. The zero-order chi connectivity index (χ0) is 15.9. The summed E-state index contributed by atoms with van der Waals surface area (Å²) in [4.78, 5) is 11.8. The zero-order valence-corrected chi connectivity index (χ0v) is 11.9. The van der Waals surface area contributed by atoms with E-state index in [0.29, 0.717) is 5.76 Å². The number of nitrogens with one attached hydrogen (secondary N) is 1. The van der Waals surface area contributed by atoms with Gasteiger partial charge in [0.05, 0.1) is 6.26 Å². The Morgan fingerprint density at radius 1 is 1.13 bits per heavy atom. The molecule has 0 saturated heterocycles. The highest BCUT2D eigenvalue weighted by Crippen LogP contribution is 2.16. The number of rotatable bonds is 5. The summed E-state index contributed by atoms with van der Waals surface area (Å²) in [5.74, 6) is 0.225. The van der Waals surface area contributed by atoms with Crippen molar-refractivity contribution in [3.63, 3.8) is 0 Å². The number of hydrogen-bond donors (Lipinski definition) is 1. The van der Waals surface area contributed by atoms with Gasteiger partial charge in [0.25, 0.3) is 0 Å². The molecule has 1 N–H and O–H groups in total. The predicted molar refractivity (Wildman–Crippen MR) is 83.4 cm³/mol. The maximum atomic E-state index is 11.8. The minimum absolute atomic E-state index is 0.156. The van der Waals surface area contributed by atoms with Gasteiger partial charge in [0, 0.05) is 11.8 Å². The Morgan fingerprint density at radius 3 is 2.78 bits per heavy atom. The highest BCUT2D eigenvalue weighted by Gasteiger charge is 2.14. The van der Waals surface area contributed by atoms with Gasteiger partial charge in [-0.25, -0.2) is 5.43 Å². The van der Waals surface area contributed by atoms with Crippen molar-refractivity contribution in [3.8, 4) is 11.5 Å². The van der Waals surface area contributed by atoms with Crippen LogP contribution < -0.4 is 5.43 Å². The molecule has 1 amide bonds. The Labute approximate surface area is 131 Å². The SMILES string of the molecule is O=C(N/N=C/C=C/c1ccco1)c1nnc(-c2ccccc2)o1. The Kier molecular flexibility index (Phi) is 4.39. The maximum Gasteiger partial charge on any atom is 0.328 e. The number of furan rings is 1. The van der Waals surface area contributed by atoms with Gasteiger partial charge in [-0.1, -0.05) is 18.2 Å². The van der Waals surface area contributed by atoms with Crippen LogP contribution in [-0.4, -0.2) is 22.3 Å². The quantitative estimate of drug-likeness (QED) is 0.578. The van der Waals surface area contributed by atoms with Gasteiger partial charge >= 0.3 is 11.8 Å². The summed E-state index contributed by atoms with van der Waals surface area (Å²) in [6.45, 7) is 0. The van der Waals surface area contributed by atoms with Crippen molar-refractivity contribution in [1.82, 2.24) is 15.6 Å². The molecule has 0 unspecified atom stereocenters. The van der Waals surface area contributed by atoms with Gasteiger partial charge in [-0.2, -0.15) is 5.10 Å². The van der Waals surface area contributed by atoms with Gasteiger partial charge in [0.15, 0.2) is 0 Å². The minimum atomic E-state index is -0.581. The zero-order valence-electron chi connectivity index (χ0n) is 11.9. The fourth-order valence-electron chi connectivity index (χ4n) is 1.72. The highest BCUT2D eigenvalue weighted by atomic mass is 16.4. The van der Waals surface area contributed by atoms with Crippen LogP contribution in [0.1, 0.15) is 16.4 Å². The molecule has 0 aliphatic carbocycles. The molecular weight excluding hydrogens is 296 g/mol. The van der Waals surface area contributed by atoms with E-state index < -0.39 is 5.91 Å². The van der Waals surface area contributed by atoms with E-state index in [9.17, 15) is 4.79 Å². The van der Waals surface area contributed by atoms with Gasteiger partial charge < -0.3 is 8.83 Å². The monoisotopic (exact) mass is 308 g/mol. The van der Waals surface area contributed by atoms with Crippen molar-refractivity contribution in [1.29, 1.82) is 0 Å². The van der Waals surface area contributed by atoms with E-state index in [-0.39, 0.29) is 11.8 Å². The molecule has 2 aromatic heterocycles. The number of allylic oxidation sites excluding steroid dienone is 1. The van der Waals surface area contributed by atoms with E-state index in [1.54, 1.807) is 30.5 Å². The van der Waals surface area contributed by atoms with Gasteiger partial charge in [-0.3, -0.25) is 4.79 Å². The fourth-order valence-corrected chi connectivity index (χ4v) is 1.72. The van der Waals surface area contributed by atoms with Crippen LogP contribution >= 0.6 is 0 Å². The summed E-state index contributed by atoms with van der Waals surface area (Å²) in [6.07, 6.45) is 6.31. The lowest BCUT2D eigenvalue weighted by Crippen LogP contribution is -2.17. The number of amides is 1. The van der Waals surface area contributed by atoms with Crippen molar-refractivity contribution in [3.05, 3.63) is 66.5 Å². The number of nitrogens with zero attached hydrogens (tertiary/aromatic N) is 3. The lowest BCUT2D eigenvalue weighted by Gasteiger charge is -1.93. The summed E-state index contributed by atoms with van der Waals surface area (Å²) in [5, 5.41) is 11.3. The fraction of sp³-hybridized carbons (Fsp3) is 0. The average molecular weight is 308 g/mol. The summed E-state index contributed by atoms with van der Waals surface area (Å²) in [6, 6.07) is 12.8. The third kappa shape index (κ3) is 3.79. The Hall–Kier alpha value is -3.48. The molecule has 3 aromatic rings. The number of benzene rings is 1. The van der Waals surface area contributed by atoms with Crippen LogP contribution in [0.15, 0.2) is 68.7 Å². The Bertz CT molecular complexity index is 820. The lowest BCUT2D eigenvalue weighted by molar-refractivity contribution is 0.0921. The lowest BCUT2D eigenvalue weighted by atomic mass is 10.2. The first-order chi connectivity index (χ1) is 11.3. The molecule has 0 atom stereocenters. The molecule has 1 aromatic carbocycles. The third-order valence-corrected chi connectivity index (χ3v) is 2.77. The molecule has 0 fully saturated rings. The number of carbonyl (C=O) groups excluding carboxylic acids is 1. The molecule has 0 saturated carbocycles. The number of hydrazone groups is 1. The largest absolute Gasteiger partial charge is 0.465 e. The van der Waals surface area contributed by atoms with Crippen LogP contribution in [0.4, 0.5) is 0 Å². The summed E-state index contributed by atoms with van der Waals surface area (Å²) in [5.41, 5.74) is 3.04. The summed E-state index contributed by atoms with van der Waals surface area (Å²) < 4.78 is 10.4. The molecule has 7 nitrogen and oxygen atoms in total. The minimum Gasteiger partial charge on any atom is -0.465 e. The number of hydrogen-bond acceptors (Lipinski definition) is 6. The molecule has 0 aliphatic heterocycles. The Morgan fingerprint density at radius 2 is 2.00 bits per heavy atom. The standard InChI is InChI=1S/C16H12N4O3/c21-14(18-17-10-4-8-13-9-5-11-22-13)16-20-19-15(23-16)12-6-2-1-3-7-12/h1-11H,(H,18,21)/b8-4+,17-10+. The second-order valence-electron chi connectivity index (χ2n) is 4.37. The van der Waals surface area contributed by atoms with Crippen LogP contribution in [0, 0.1) is 0 Å². The molecular formula is C16H12N4O3. The third-order valence-electron chi connectivity index (χ3n) is 2.77. The molecule has 7 heteroatoms. The predicted octanol–water partition coefficient (Wildman–Crippen LogP) is 2.76. The van der Waals surface area contributed by atoms with E-state index in [4.69, 9.17) is 8.83 Å². The van der Waals surface area contributed by atoms with E-state index in [0.717, 1.165) is 5.56 Å². The second kappa shape index (κ2) is 6.99. The molecule has 2 heterocycles. The first-order valence-electron chi connectivity index (χ1n) is 6.75. The van der Waals surface area contributed by atoms with Crippen LogP contribution in [0.5, 0.6) is 0 Å². The van der Waals surface area contributed by atoms with Crippen LogP contribution in [0.2, 0.25) is 0 Å². The van der Waals surface area contributed by atoms with E-state index in [1.807, 2.05) is 30.3 Å². The summed E-state index contributed by atoms with van der Waals surface area (Å²) in [7, 11) is 0. The molecule has 0 bridgehead atoms. The highest BCUT2D eigenvalue weighted by molar-refractivity contribution is 5.90. The molecule has 114 valence electrons. The molecule has 0 radical (unpaired) electrons. The van der Waals surface area contributed by atoms with Crippen molar-refractivity contribution in [2.45, 2.75) is 0 Å². The molecule has 0 aliphatic rings. The average Bonchev–Trinajstić information content (AvgIpc) is 3.27. The van der Waals surface area contributed by atoms with Gasteiger partial charge in [0.1, 0.15) is 5.76 Å². The van der Waals surface area contributed by atoms with Crippen LogP contribution in [0.25, 0.3) is 17.5 Å². The van der Waals surface area contributed by atoms with E-state index in [1.165, 1.54) is 6.21 Å². The van der Waals surface area contributed by atoms with Crippen LogP contribution in [-0.2, 0) is 0 Å². The van der Waals surface area contributed by atoms with Gasteiger partial charge in [0.2, 0.25) is 5.89 Å². The van der Waals surface area contributed by atoms with Gasteiger partial charge in [-0.05, 0) is 36.4 Å². The topological polar surface area (TPSA) is 93.5 Å². The first-order valence-corrected chi connectivity index (χ1v) is 6.75. The van der Waals surface area contributed by atoms with E-state index in [2.05, 4.69) is 20.7 Å². The maximum absolute atomic E-state index is 11.8. The molecule has 3 rings (SSSR count). The molecule has 0 spiro atoms. The Balaban J connectivity index is 1.57. The smallest absolute Gasteiger partial charge is 0.328 e. The number of carbonyl (C=O) groups is 1.